The lowest BCUT2D eigenvalue weighted by Crippen LogP contribution is -2.38. The average molecular weight is 204 g/mol. The Bertz CT molecular complexity index is 153. The van der Waals surface area contributed by atoms with Crippen LogP contribution in [0.15, 0.2) is 0 Å². The molecule has 0 aromatic carbocycles. The highest BCUT2D eigenvalue weighted by molar-refractivity contribution is 7.80. The number of hydrogen-bond donors (Lipinski definition) is 1. The highest BCUT2D eigenvalue weighted by atomic mass is 32.1. The van der Waals surface area contributed by atoms with E-state index in [-0.39, 0.29) is 6.10 Å². The van der Waals surface area contributed by atoms with Crippen molar-refractivity contribution in [3.05, 3.63) is 0 Å². The van der Waals surface area contributed by atoms with Gasteiger partial charge in [-0.2, -0.15) is 0 Å². The number of methoxy groups -OCH3 is 1. The van der Waals surface area contributed by atoms with Crippen molar-refractivity contribution in [3.8, 4) is 0 Å². The molecule has 0 saturated carbocycles. The van der Waals surface area contributed by atoms with Gasteiger partial charge in [-0.1, -0.05) is 19.1 Å². The highest BCUT2D eigenvalue weighted by Gasteiger charge is 2.09. The second kappa shape index (κ2) is 7.24. The van der Waals surface area contributed by atoms with E-state index in [1.54, 1.807) is 7.11 Å². The topological polar surface area (TPSA) is 38.5 Å². The molecule has 13 heavy (non-hydrogen) atoms. The third-order valence-corrected chi connectivity index (χ3v) is 1.97. The van der Waals surface area contributed by atoms with E-state index in [1.807, 2.05) is 6.92 Å². The van der Waals surface area contributed by atoms with Crippen molar-refractivity contribution < 1.29 is 4.74 Å². The lowest BCUT2D eigenvalue weighted by atomic mass is 10.3. The zero-order valence-corrected chi connectivity index (χ0v) is 9.56. The van der Waals surface area contributed by atoms with Crippen molar-refractivity contribution in [2.45, 2.75) is 26.4 Å². The van der Waals surface area contributed by atoms with Crippen LogP contribution < -0.4 is 5.73 Å². The molecule has 0 aliphatic heterocycles. The van der Waals surface area contributed by atoms with Gasteiger partial charge in [-0.15, -0.1) is 0 Å². The number of ether oxygens (including phenoxy) is 1. The first-order valence-electron chi connectivity index (χ1n) is 4.63. The Kier molecular flexibility index (Phi) is 7.13. The minimum atomic E-state index is 0.237. The third kappa shape index (κ3) is 6.93. The average Bonchev–Trinajstić information content (AvgIpc) is 2.03. The van der Waals surface area contributed by atoms with Crippen molar-refractivity contribution in [2.75, 3.05) is 26.7 Å². The summed E-state index contributed by atoms with van der Waals surface area (Å²) in [5, 5.41) is 0. The fourth-order valence-electron chi connectivity index (χ4n) is 1.21. The number of nitrogens with zero attached hydrogens (tertiary/aromatic N) is 1. The molecule has 0 bridgehead atoms. The smallest absolute Gasteiger partial charge is 0.0870 e. The Labute approximate surface area is 86.2 Å². The predicted octanol–water partition coefficient (Wildman–Crippen LogP) is 1.02. The number of hydrogen-bond acceptors (Lipinski definition) is 3. The lowest BCUT2D eigenvalue weighted by molar-refractivity contribution is 0.0824. The number of rotatable bonds is 7. The molecule has 1 unspecified atom stereocenters. The zero-order chi connectivity index (χ0) is 10.3. The first-order chi connectivity index (χ1) is 6.10. The molecule has 0 amide bonds. The minimum Gasteiger partial charge on any atom is -0.392 e. The van der Waals surface area contributed by atoms with Gasteiger partial charge < -0.3 is 10.5 Å². The molecular formula is C9H20N2OS. The summed E-state index contributed by atoms with van der Waals surface area (Å²) in [5.41, 5.74) is 5.49. The maximum atomic E-state index is 5.49. The van der Waals surface area contributed by atoms with Gasteiger partial charge in [0.15, 0.2) is 0 Å². The molecule has 0 spiro atoms. The van der Waals surface area contributed by atoms with Crippen LogP contribution >= 0.6 is 12.2 Å². The summed E-state index contributed by atoms with van der Waals surface area (Å²) in [6.45, 7) is 6.79. The van der Waals surface area contributed by atoms with Crippen molar-refractivity contribution in [2.24, 2.45) is 5.73 Å². The van der Waals surface area contributed by atoms with Gasteiger partial charge in [-0.3, -0.25) is 4.90 Å². The van der Waals surface area contributed by atoms with Crippen LogP contribution in [0.2, 0.25) is 0 Å². The standard InChI is InChI=1S/C9H20N2OS/c1-4-5-11(7-9(10)13)6-8(2)12-3/h8H,4-7H2,1-3H3,(H2,10,13). The van der Waals surface area contributed by atoms with E-state index in [4.69, 9.17) is 22.7 Å². The molecule has 4 heteroatoms. The van der Waals surface area contributed by atoms with E-state index >= 15 is 0 Å². The van der Waals surface area contributed by atoms with E-state index < -0.39 is 0 Å². The van der Waals surface area contributed by atoms with E-state index in [9.17, 15) is 0 Å². The van der Waals surface area contributed by atoms with Gasteiger partial charge in [-0.05, 0) is 19.9 Å². The summed E-state index contributed by atoms with van der Waals surface area (Å²) in [6, 6.07) is 0. The number of nitrogens with two attached hydrogens (primary N) is 1. The van der Waals surface area contributed by atoms with E-state index in [0.29, 0.717) is 11.5 Å². The monoisotopic (exact) mass is 204 g/mol. The van der Waals surface area contributed by atoms with Crippen molar-refractivity contribution in [3.63, 3.8) is 0 Å². The van der Waals surface area contributed by atoms with Crippen molar-refractivity contribution in [1.29, 1.82) is 0 Å². The summed E-state index contributed by atoms with van der Waals surface area (Å²) < 4.78 is 5.18. The van der Waals surface area contributed by atoms with E-state index in [2.05, 4.69) is 11.8 Å². The van der Waals surface area contributed by atoms with Gasteiger partial charge in [0.25, 0.3) is 0 Å². The minimum absolute atomic E-state index is 0.237. The first kappa shape index (κ1) is 12.8. The quantitative estimate of drug-likeness (QED) is 0.628. The van der Waals surface area contributed by atoms with Crippen LogP contribution in [-0.4, -0.2) is 42.7 Å². The van der Waals surface area contributed by atoms with E-state index in [1.165, 1.54) is 0 Å². The Hall–Kier alpha value is -0.190. The first-order valence-corrected chi connectivity index (χ1v) is 5.04. The molecule has 0 heterocycles. The molecule has 78 valence electrons. The normalized spacial score (nSPS) is 13.2. The summed E-state index contributed by atoms with van der Waals surface area (Å²) in [6.07, 6.45) is 1.35. The maximum Gasteiger partial charge on any atom is 0.0870 e. The van der Waals surface area contributed by atoms with Crippen LogP contribution in [0.3, 0.4) is 0 Å². The largest absolute Gasteiger partial charge is 0.392 e. The van der Waals surface area contributed by atoms with Crippen LogP contribution in [0.1, 0.15) is 20.3 Å². The molecule has 0 aromatic rings. The van der Waals surface area contributed by atoms with Crippen LogP contribution in [0.25, 0.3) is 0 Å². The summed E-state index contributed by atoms with van der Waals surface area (Å²) in [5.74, 6) is 0. The maximum absolute atomic E-state index is 5.49. The van der Waals surface area contributed by atoms with Gasteiger partial charge >= 0.3 is 0 Å². The summed E-state index contributed by atoms with van der Waals surface area (Å²) in [4.78, 5) is 2.77. The molecule has 0 fully saturated rings. The Morgan fingerprint density at radius 3 is 2.62 bits per heavy atom. The van der Waals surface area contributed by atoms with Gasteiger partial charge in [0.1, 0.15) is 0 Å². The SMILES string of the molecule is CCCN(CC(N)=S)CC(C)OC. The van der Waals surface area contributed by atoms with Crippen molar-refractivity contribution in [1.82, 2.24) is 4.90 Å². The second-order valence-electron chi connectivity index (χ2n) is 3.25. The fourth-order valence-corrected chi connectivity index (χ4v) is 1.39. The molecule has 0 aliphatic carbocycles. The van der Waals surface area contributed by atoms with Crippen molar-refractivity contribution >= 4 is 17.2 Å². The zero-order valence-electron chi connectivity index (χ0n) is 8.75. The van der Waals surface area contributed by atoms with Crippen LogP contribution in [-0.2, 0) is 4.74 Å². The lowest BCUT2D eigenvalue weighted by Gasteiger charge is -2.23. The number of thiocarbonyl (C=S) groups is 1. The van der Waals surface area contributed by atoms with Crippen LogP contribution in [0, 0.1) is 0 Å². The van der Waals surface area contributed by atoms with Crippen LogP contribution in [0.4, 0.5) is 0 Å². The summed E-state index contributed by atoms with van der Waals surface area (Å²) in [7, 11) is 1.72. The molecule has 0 rings (SSSR count). The molecule has 0 radical (unpaired) electrons. The van der Waals surface area contributed by atoms with Crippen LogP contribution in [0.5, 0.6) is 0 Å². The van der Waals surface area contributed by atoms with Gasteiger partial charge in [0.2, 0.25) is 0 Å². The fraction of sp³-hybridized carbons (Fsp3) is 0.889. The highest BCUT2D eigenvalue weighted by Crippen LogP contribution is 1.97. The molecule has 0 aliphatic rings. The molecular weight excluding hydrogens is 184 g/mol. The third-order valence-electron chi connectivity index (χ3n) is 1.84. The molecule has 0 saturated heterocycles. The predicted molar refractivity (Wildman–Crippen MR) is 60.0 cm³/mol. The Morgan fingerprint density at radius 1 is 1.62 bits per heavy atom. The Balaban J connectivity index is 3.85. The van der Waals surface area contributed by atoms with Gasteiger partial charge in [-0.25, -0.2) is 0 Å². The van der Waals surface area contributed by atoms with Gasteiger partial charge in [0.05, 0.1) is 11.1 Å². The summed E-state index contributed by atoms with van der Waals surface area (Å²) >= 11 is 4.87. The van der Waals surface area contributed by atoms with E-state index in [0.717, 1.165) is 19.5 Å². The second-order valence-corrected chi connectivity index (χ2v) is 3.77. The molecule has 1 atom stereocenters. The molecule has 3 nitrogen and oxygen atoms in total. The van der Waals surface area contributed by atoms with Gasteiger partial charge in [0, 0.05) is 20.2 Å². The molecule has 0 aromatic heterocycles. The molecule has 2 N–H and O–H groups in total. The Morgan fingerprint density at radius 2 is 2.23 bits per heavy atom.